The lowest BCUT2D eigenvalue weighted by Crippen LogP contribution is -2.73. The third-order valence-electron chi connectivity index (χ3n) is 3.90. The first kappa shape index (κ1) is 31.6. The Morgan fingerprint density at radius 1 is 0.706 bits per heavy atom. The Labute approximate surface area is 179 Å². The number of esters is 1. The highest BCUT2D eigenvalue weighted by molar-refractivity contribution is 5.90. The molecule has 0 N–H and O–H groups in total. The first-order valence-electron chi connectivity index (χ1n) is 8.16. The van der Waals surface area contributed by atoms with E-state index in [0.29, 0.717) is 6.92 Å². The monoisotopic (exact) mass is 539 g/mol. The van der Waals surface area contributed by atoms with E-state index in [1.807, 2.05) is 0 Å². The van der Waals surface area contributed by atoms with Crippen LogP contribution in [0.5, 0.6) is 0 Å². The second-order valence-electron chi connectivity index (χ2n) is 6.39. The largest absolute Gasteiger partial charge is 0.463 e. The van der Waals surface area contributed by atoms with Crippen molar-refractivity contribution in [3.8, 4) is 0 Å². The van der Waals surface area contributed by atoms with Crippen molar-refractivity contribution in [2.24, 2.45) is 0 Å². The first-order chi connectivity index (χ1) is 14.7. The molecule has 0 saturated carbocycles. The molecule has 0 radical (unpaired) electrons. The van der Waals surface area contributed by atoms with Crippen LogP contribution in [-0.2, 0) is 14.3 Å². The van der Waals surface area contributed by atoms with Crippen molar-refractivity contribution in [1.29, 1.82) is 0 Å². The molecule has 0 aromatic carbocycles. The van der Waals surface area contributed by atoms with E-state index in [0.717, 1.165) is 0 Å². The fraction of sp³-hybridized carbons (Fsp3) is 0.733. The van der Waals surface area contributed by atoms with Gasteiger partial charge in [-0.15, -0.1) is 0 Å². The zero-order chi connectivity index (χ0) is 27.9. The van der Waals surface area contributed by atoms with Gasteiger partial charge in [-0.2, -0.15) is 65.9 Å². The van der Waals surface area contributed by atoms with Crippen molar-refractivity contribution in [2.45, 2.75) is 55.6 Å². The molecule has 0 heterocycles. The second kappa shape index (κ2) is 9.01. The lowest BCUT2D eigenvalue weighted by Gasteiger charge is -2.41. The maximum Gasteiger partial charge on any atom is 0.460 e. The molecular formula is C15H12F15NO3. The van der Waals surface area contributed by atoms with Crippen molar-refractivity contribution in [1.82, 2.24) is 4.90 Å². The maximum absolute atomic E-state index is 13.8. The molecule has 0 aliphatic rings. The lowest BCUT2D eigenvalue weighted by molar-refractivity contribution is -0.449. The average molecular weight is 539 g/mol. The van der Waals surface area contributed by atoms with Gasteiger partial charge in [-0.3, -0.25) is 4.79 Å². The van der Waals surface area contributed by atoms with E-state index in [9.17, 15) is 75.4 Å². The molecule has 0 bridgehead atoms. The molecule has 0 saturated heterocycles. The summed E-state index contributed by atoms with van der Waals surface area (Å²) in [5.41, 5.74) is -0.842. The number of amides is 1. The van der Waals surface area contributed by atoms with E-state index in [-0.39, 0.29) is 19.9 Å². The summed E-state index contributed by atoms with van der Waals surface area (Å²) in [6.07, 6.45) is -7.79. The van der Waals surface area contributed by atoms with Crippen LogP contribution in [0.15, 0.2) is 11.8 Å². The van der Waals surface area contributed by atoms with Crippen LogP contribution in [0.25, 0.3) is 0 Å². The van der Waals surface area contributed by atoms with E-state index in [4.69, 9.17) is 0 Å². The van der Waals surface area contributed by atoms with Crippen LogP contribution < -0.4 is 0 Å². The number of nitrogens with zero attached hydrogens (tertiary/aromatic N) is 1. The smallest absolute Gasteiger partial charge is 0.460 e. The normalized spacial score (nSPS) is 15.3. The predicted octanol–water partition coefficient (Wildman–Crippen LogP) is 5.29. The standard InChI is InChI=1S/C15H12F15NO3/c1-4-34-7(32)6(2)5-31(3)8(33)9(16,17)10(18,19)11(20,21)12(22,23)13(24,25)14(26,27)15(28,29)30/h5H,4H2,1-3H3. The number of halogens is 15. The predicted molar refractivity (Wildman–Crippen MR) is 78.9 cm³/mol. The minimum absolute atomic E-state index is 0.0625. The maximum atomic E-state index is 13.8. The summed E-state index contributed by atoms with van der Waals surface area (Å²) in [6, 6.07) is 0. The molecule has 200 valence electrons. The van der Waals surface area contributed by atoms with Crippen LogP contribution >= 0.6 is 0 Å². The van der Waals surface area contributed by atoms with Crippen molar-refractivity contribution in [3.63, 3.8) is 0 Å². The SMILES string of the molecule is CCOC(=O)C(C)=CN(C)C(=O)C(F)(F)C(F)(F)C(F)(F)C(F)(F)C(F)(F)C(F)(F)C(F)(F)F. The minimum atomic E-state index is -8.50. The molecule has 34 heavy (non-hydrogen) atoms. The summed E-state index contributed by atoms with van der Waals surface area (Å²) < 4.78 is 201. The first-order valence-corrected chi connectivity index (χ1v) is 8.16. The molecule has 0 aliphatic heterocycles. The van der Waals surface area contributed by atoms with Gasteiger partial charge in [0.05, 0.1) is 12.2 Å². The average Bonchev–Trinajstić information content (AvgIpc) is 2.65. The highest BCUT2D eigenvalue weighted by Crippen LogP contribution is 2.62. The zero-order valence-corrected chi connectivity index (χ0v) is 16.6. The van der Waals surface area contributed by atoms with Crippen LogP contribution in [0.3, 0.4) is 0 Å². The molecule has 0 aliphatic carbocycles. The van der Waals surface area contributed by atoms with Crippen LogP contribution in [0.1, 0.15) is 13.8 Å². The van der Waals surface area contributed by atoms with Gasteiger partial charge in [0.2, 0.25) is 0 Å². The van der Waals surface area contributed by atoms with Gasteiger partial charge in [0.25, 0.3) is 0 Å². The summed E-state index contributed by atoms with van der Waals surface area (Å²) in [4.78, 5) is 22.0. The molecule has 0 unspecified atom stereocenters. The summed E-state index contributed by atoms with van der Waals surface area (Å²) in [7, 11) is 0.0672. The number of carbonyl (C=O) groups excluding carboxylic acids is 2. The van der Waals surface area contributed by atoms with Gasteiger partial charge in [-0.25, -0.2) is 4.79 Å². The van der Waals surface area contributed by atoms with E-state index in [1.165, 1.54) is 6.92 Å². The third kappa shape index (κ3) is 4.60. The molecule has 0 atom stereocenters. The van der Waals surface area contributed by atoms with Crippen molar-refractivity contribution >= 4 is 11.9 Å². The van der Waals surface area contributed by atoms with Gasteiger partial charge in [-0.05, 0) is 13.8 Å². The Bertz CT molecular complexity index is 816. The van der Waals surface area contributed by atoms with E-state index < -0.39 is 64.1 Å². The molecular weight excluding hydrogens is 527 g/mol. The van der Waals surface area contributed by atoms with E-state index in [1.54, 1.807) is 0 Å². The van der Waals surface area contributed by atoms with Gasteiger partial charge < -0.3 is 9.64 Å². The summed E-state index contributed by atoms with van der Waals surface area (Å²) >= 11 is 0. The summed E-state index contributed by atoms with van der Waals surface area (Å²) in [5, 5.41) is 0. The van der Waals surface area contributed by atoms with Crippen LogP contribution in [0.4, 0.5) is 65.9 Å². The van der Waals surface area contributed by atoms with Crippen LogP contribution in [-0.4, -0.2) is 72.1 Å². The molecule has 1 amide bonds. The molecule has 0 aromatic heterocycles. The quantitative estimate of drug-likeness (QED) is 0.228. The zero-order valence-electron chi connectivity index (χ0n) is 16.6. The topological polar surface area (TPSA) is 46.6 Å². The lowest BCUT2D eigenvalue weighted by atomic mass is 9.90. The molecule has 0 aromatic rings. The van der Waals surface area contributed by atoms with Gasteiger partial charge in [0.15, 0.2) is 0 Å². The fourth-order valence-corrected chi connectivity index (χ4v) is 1.97. The highest BCUT2D eigenvalue weighted by atomic mass is 19.4. The number of alkyl halides is 15. The summed E-state index contributed by atoms with van der Waals surface area (Å²) in [5.74, 6) is -53.4. The Morgan fingerprint density at radius 2 is 1.06 bits per heavy atom. The highest BCUT2D eigenvalue weighted by Gasteiger charge is 2.94. The van der Waals surface area contributed by atoms with Crippen LogP contribution in [0.2, 0.25) is 0 Å². The molecule has 19 heteroatoms. The summed E-state index contributed by atoms with van der Waals surface area (Å²) in [6.45, 7) is 1.56. The number of hydrogen-bond acceptors (Lipinski definition) is 3. The van der Waals surface area contributed by atoms with Gasteiger partial charge in [-0.1, -0.05) is 0 Å². The molecule has 0 rings (SSSR count). The van der Waals surface area contributed by atoms with Crippen molar-refractivity contribution < 1.29 is 80.2 Å². The molecule has 0 spiro atoms. The Morgan fingerprint density at radius 3 is 1.41 bits per heavy atom. The van der Waals surface area contributed by atoms with Crippen LogP contribution in [0, 0.1) is 0 Å². The molecule has 4 nitrogen and oxygen atoms in total. The number of rotatable bonds is 9. The Kier molecular flexibility index (Phi) is 8.38. The Hall–Kier alpha value is -2.37. The number of carbonyl (C=O) groups is 2. The second-order valence-corrected chi connectivity index (χ2v) is 6.39. The van der Waals surface area contributed by atoms with Crippen molar-refractivity contribution in [2.75, 3.05) is 13.7 Å². The van der Waals surface area contributed by atoms with E-state index >= 15 is 0 Å². The number of hydrogen-bond donors (Lipinski definition) is 0. The van der Waals surface area contributed by atoms with Crippen molar-refractivity contribution in [3.05, 3.63) is 11.8 Å². The third-order valence-corrected chi connectivity index (χ3v) is 3.90. The van der Waals surface area contributed by atoms with Gasteiger partial charge >= 0.3 is 53.6 Å². The molecule has 0 fully saturated rings. The fourth-order valence-electron chi connectivity index (χ4n) is 1.97. The van der Waals surface area contributed by atoms with Gasteiger partial charge in [0.1, 0.15) is 0 Å². The van der Waals surface area contributed by atoms with E-state index in [2.05, 4.69) is 4.74 Å². The Balaban J connectivity index is 6.54. The van der Waals surface area contributed by atoms with Gasteiger partial charge in [0, 0.05) is 13.2 Å². The number of ether oxygens (including phenoxy) is 1. The minimum Gasteiger partial charge on any atom is -0.463 e.